The average Bonchev–Trinajstić information content (AvgIpc) is 2.87. The number of anilines is 1. The van der Waals surface area contributed by atoms with Crippen LogP contribution in [0.5, 0.6) is 0 Å². The first-order valence-corrected chi connectivity index (χ1v) is 12.3. The summed E-state index contributed by atoms with van der Waals surface area (Å²) in [4.78, 5) is 31.5. The second kappa shape index (κ2) is 11.1. The molecule has 0 saturated carbocycles. The van der Waals surface area contributed by atoms with Crippen molar-refractivity contribution in [2.75, 3.05) is 37.6 Å². The van der Waals surface area contributed by atoms with E-state index in [1.54, 1.807) is 34.1 Å². The number of hydrogen-bond donors (Lipinski definition) is 0. The Kier molecular flexibility index (Phi) is 7.88. The average molecular weight is 512 g/mol. The van der Waals surface area contributed by atoms with E-state index in [0.717, 1.165) is 11.4 Å². The molecule has 0 atom stereocenters. The SMILES string of the molecule is CC(C)N(CC(=O)N1CCN(c2ccc(-c3ccc(Cl)cc3Cl)nn2)CC1)C(=O)c1ccccc1. The van der Waals surface area contributed by atoms with E-state index in [1.807, 2.05) is 50.2 Å². The fourth-order valence-corrected chi connectivity index (χ4v) is 4.51. The van der Waals surface area contributed by atoms with Gasteiger partial charge in [0.15, 0.2) is 5.82 Å². The molecule has 0 bridgehead atoms. The summed E-state index contributed by atoms with van der Waals surface area (Å²) >= 11 is 12.3. The Bertz CT molecular complexity index is 1180. The monoisotopic (exact) mass is 511 g/mol. The van der Waals surface area contributed by atoms with Crippen LogP contribution in [-0.2, 0) is 4.79 Å². The van der Waals surface area contributed by atoms with Crippen LogP contribution in [0, 0.1) is 0 Å². The van der Waals surface area contributed by atoms with Crippen molar-refractivity contribution in [1.82, 2.24) is 20.0 Å². The van der Waals surface area contributed by atoms with Gasteiger partial charge in [0, 0.05) is 48.4 Å². The molecule has 2 aromatic carbocycles. The minimum Gasteiger partial charge on any atom is -0.352 e. The fourth-order valence-electron chi connectivity index (χ4n) is 4.00. The number of halogens is 2. The van der Waals surface area contributed by atoms with E-state index in [1.165, 1.54) is 0 Å². The van der Waals surface area contributed by atoms with Crippen LogP contribution in [0.15, 0.2) is 60.7 Å². The van der Waals surface area contributed by atoms with Crippen molar-refractivity contribution in [2.45, 2.75) is 19.9 Å². The van der Waals surface area contributed by atoms with E-state index in [4.69, 9.17) is 23.2 Å². The van der Waals surface area contributed by atoms with Crippen molar-refractivity contribution in [3.8, 4) is 11.3 Å². The Balaban J connectivity index is 1.35. The Morgan fingerprint density at radius 3 is 2.26 bits per heavy atom. The lowest BCUT2D eigenvalue weighted by Gasteiger charge is -2.36. The molecule has 1 fully saturated rings. The van der Waals surface area contributed by atoms with Gasteiger partial charge in [-0.05, 0) is 56.3 Å². The molecule has 35 heavy (non-hydrogen) atoms. The second-order valence-corrected chi connectivity index (χ2v) is 9.51. The summed E-state index contributed by atoms with van der Waals surface area (Å²) in [7, 11) is 0. The topological polar surface area (TPSA) is 69.6 Å². The van der Waals surface area contributed by atoms with Crippen LogP contribution in [0.3, 0.4) is 0 Å². The molecular formula is C26H27Cl2N5O2. The molecule has 0 radical (unpaired) electrons. The highest BCUT2D eigenvalue weighted by Gasteiger charge is 2.27. The van der Waals surface area contributed by atoms with Crippen molar-refractivity contribution in [3.63, 3.8) is 0 Å². The minimum absolute atomic E-state index is 0.0542. The Morgan fingerprint density at radius 1 is 0.943 bits per heavy atom. The summed E-state index contributed by atoms with van der Waals surface area (Å²) in [5, 5.41) is 9.79. The van der Waals surface area contributed by atoms with Crippen molar-refractivity contribution in [2.24, 2.45) is 0 Å². The van der Waals surface area contributed by atoms with Crippen LogP contribution in [-0.4, -0.2) is 70.6 Å². The number of carbonyl (C=O) groups excluding carboxylic acids is 2. The van der Waals surface area contributed by atoms with E-state index >= 15 is 0 Å². The quantitative estimate of drug-likeness (QED) is 0.481. The van der Waals surface area contributed by atoms with Crippen LogP contribution < -0.4 is 4.90 Å². The van der Waals surface area contributed by atoms with E-state index in [-0.39, 0.29) is 24.4 Å². The van der Waals surface area contributed by atoms with Crippen molar-refractivity contribution >= 4 is 40.8 Å². The zero-order chi connectivity index (χ0) is 24.9. The summed E-state index contributed by atoms with van der Waals surface area (Å²) in [5.74, 6) is 0.555. The third-order valence-electron chi connectivity index (χ3n) is 6.02. The maximum Gasteiger partial charge on any atom is 0.254 e. The summed E-state index contributed by atoms with van der Waals surface area (Å²) in [6, 6.07) is 18.0. The Morgan fingerprint density at radius 2 is 1.66 bits per heavy atom. The van der Waals surface area contributed by atoms with Gasteiger partial charge in [0.2, 0.25) is 5.91 Å². The third-order valence-corrected chi connectivity index (χ3v) is 6.57. The molecule has 1 saturated heterocycles. The first-order valence-electron chi connectivity index (χ1n) is 11.5. The van der Waals surface area contributed by atoms with Gasteiger partial charge in [-0.25, -0.2) is 0 Å². The van der Waals surface area contributed by atoms with E-state index in [9.17, 15) is 9.59 Å². The lowest BCUT2D eigenvalue weighted by atomic mass is 10.1. The highest BCUT2D eigenvalue weighted by atomic mass is 35.5. The molecule has 2 amide bonds. The van der Waals surface area contributed by atoms with Gasteiger partial charge in [0.1, 0.15) is 6.54 Å². The van der Waals surface area contributed by atoms with Gasteiger partial charge in [-0.15, -0.1) is 10.2 Å². The van der Waals surface area contributed by atoms with Gasteiger partial charge in [0.25, 0.3) is 5.91 Å². The smallest absolute Gasteiger partial charge is 0.254 e. The number of carbonyl (C=O) groups is 2. The second-order valence-electron chi connectivity index (χ2n) is 8.66. The molecule has 2 heterocycles. The number of piperazine rings is 1. The number of rotatable bonds is 6. The van der Waals surface area contributed by atoms with Crippen LogP contribution in [0.25, 0.3) is 11.3 Å². The van der Waals surface area contributed by atoms with Gasteiger partial charge in [-0.1, -0.05) is 41.4 Å². The molecule has 9 heteroatoms. The van der Waals surface area contributed by atoms with Crippen LogP contribution in [0.1, 0.15) is 24.2 Å². The van der Waals surface area contributed by atoms with Gasteiger partial charge < -0.3 is 14.7 Å². The Hall–Kier alpha value is -3.16. The first kappa shape index (κ1) is 24.9. The molecule has 0 unspecified atom stereocenters. The largest absolute Gasteiger partial charge is 0.352 e. The van der Waals surface area contributed by atoms with E-state index in [2.05, 4.69) is 15.1 Å². The molecular weight excluding hydrogens is 485 g/mol. The Labute approximate surface area is 215 Å². The predicted octanol–water partition coefficient (Wildman–Crippen LogP) is 4.65. The molecule has 1 aromatic heterocycles. The van der Waals surface area contributed by atoms with Gasteiger partial charge in [0.05, 0.1) is 10.7 Å². The van der Waals surface area contributed by atoms with Crippen molar-refractivity contribution in [3.05, 3.63) is 76.3 Å². The third kappa shape index (κ3) is 5.92. The molecule has 4 rings (SSSR count). The molecule has 0 spiro atoms. The number of amides is 2. The highest BCUT2D eigenvalue weighted by Crippen LogP contribution is 2.29. The van der Waals surface area contributed by atoms with Gasteiger partial charge in [-0.2, -0.15) is 0 Å². The molecule has 3 aromatic rings. The molecule has 0 aliphatic carbocycles. The molecule has 1 aliphatic heterocycles. The predicted molar refractivity (Wildman–Crippen MR) is 139 cm³/mol. The van der Waals surface area contributed by atoms with E-state index < -0.39 is 0 Å². The van der Waals surface area contributed by atoms with Gasteiger partial charge >= 0.3 is 0 Å². The zero-order valence-electron chi connectivity index (χ0n) is 19.7. The maximum atomic E-state index is 13.0. The standard InChI is InChI=1S/C26H27Cl2N5O2/c1-18(2)33(26(35)19-6-4-3-5-7-19)17-25(34)32-14-12-31(13-15-32)24-11-10-23(29-30-24)21-9-8-20(27)16-22(21)28/h3-11,16,18H,12-15,17H2,1-2H3. The van der Waals surface area contributed by atoms with Crippen LogP contribution >= 0.6 is 23.2 Å². The number of nitrogens with zero attached hydrogens (tertiary/aromatic N) is 5. The summed E-state index contributed by atoms with van der Waals surface area (Å²) < 4.78 is 0. The van der Waals surface area contributed by atoms with Gasteiger partial charge in [-0.3, -0.25) is 9.59 Å². The number of aromatic nitrogens is 2. The normalized spacial score (nSPS) is 13.7. The number of hydrogen-bond acceptors (Lipinski definition) is 5. The van der Waals surface area contributed by atoms with Crippen LogP contribution in [0.4, 0.5) is 5.82 Å². The van der Waals surface area contributed by atoms with E-state index in [0.29, 0.717) is 47.5 Å². The summed E-state index contributed by atoms with van der Waals surface area (Å²) in [6.45, 7) is 6.28. The highest BCUT2D eigenvalue weighted by molar-refractivity contribution is 6.36. The maximum absolute atomic E-state index is 13.0. The molecule has 0 N–H and O–H groups in total. The lowest BCUT2D eigenvalue weighted by molar-refractivity contribution is -0.132. The minimum atomic E-state index is -0.135. The zero-order valence-corrected chi connectivity index (χ0v) is 21.2. The molecule has 7 nitrogen and oxygen atoms in total. The molecule has 1 aliphatic rings. The van der Waals surface area contributed by atoms with Crippen molar-refractivity contribution in [1.29, 1.82) is 0 Å². The number of benzene rings is 2. The summed E-state index contributed by atoms with van der Waals surface area (Å²) in [6.07, 6.45) is 0. The van der Waals surface area contributed by atoms with Crippen molar-refractivity contribution < 1.29 is 9.59 Å². The van der Waals surface area contributed by atoms with Crippen LogP contribution in [0.2, 0.25) is 10.0 Å². The lowest BCUT2D eigenvalue weighted by Crippen LogP contribution is -2.53. The fraction of sp³-hybridized carbons (Fsp3) is 0.308. The first-order chi connectivity index (χ1) is 16.8. The molecule has 182 valence electrons. The summed E-state index contributed by atoms with van der Waals surface area (Å²) in [5.41, 5.74) is 2.02.